The van der Waals surface area contributed by atoms with Crippen LogP contribution in [0.5, 0.6) is 0 Å². The van der Waals surface area contributed by atoms with Gasteiger partial charge in [0, 0.05) is 26.2 Å². The van der Waals surface area contributed by atoms with Crippen LogP contribution in [0.2, 0.25) is 0 Å². The summed E-state index contributed by atoms with van der Waals surface area (Å²) in [5.74, 6) is 0. The van der Waals surface area contributed by atoms with Crippen LogP contribution in [0.1, 0.15) is 32.6 Å². The molecule has 0 amide bonds. The number of allylic oxidation sites excluding steroid dienone is 1. The quantitative estimate of drug-likeness (QED) is 0.501. The standard InChI is InChI=1S/C14H25N3/c1-3-4-5-6-7-8-16-9-11-17(12-10-16)14(2)13-15/h3,14H,1,4-12H2,2H3. The first-order valence-electron chi connectivity index (χ1n) is 6.75. The molecule has 0 aliphatic carbocycles. The Kier molecular flexibility index (Phi) is 6.91. The zero-order chi connectivity index (χ0) is 12.5. The van der Waals surface area contributed by atoms with Gasteiger partial charge in [-0.2, -0.15) is 5.26 Å². The molecule has 3 nitrogen and oxygen atoms in total. The molecule has 1 rings (SSSR count). The predicted octanol–water partition coefficient (Wildman–Crippen LogP) is 2.26. The number of hydrogen-bond donors (Lipinski definition) is 0. The van der Waals surface area contributed by atoms with Gasteiger partial charge in [-0.05, 0) is 32.7 Å². The van der Waals surface area contributed by atoms with Crippen LogP contribution >= 0.6 is 0 Å². The number of rotatable bonds is 7. The van der Waals surface area contributed by atoms with E-state index in [-0.39, 0.29) is 6.04 Å². The Labute approximate surface area is 106 Å². The van der Waals surface area contributed by atoms with Crippen LogP contribution in [-0.4, -0.2) is 48.6 Å². The Morgan fingerprint density at radius 1 is 1.24 bits per heavy atom. The van der Waals surface area contributed by atoms with Crippen molar-refractivity contribution in [3.63, 3.8) is 0 Å². The molecule has 0 bridgehead atoms. The second kappa shape index (κ2) is 8.27. The monoisotopic (exact) mass is 235 g/mol. The Morgan fingerprint density at radius 2 is 1.94 bits per heavy atom. The molecular formula is C14H25N3. The Hall–Kier alpha value is -0.850. The van der Waals surface area contributed by atoms with Crippen LogP contribution in [0.25, 0.3) is 0 Å². The normalized spacial score (nSPS) is 19.8. The summed E-state index contributed by atoms with van der Waals surface area (Å²) in [6, 6.07) is 2.39. The zero-order valence-corrected chi connectivity index (χ0v) is 11.1. The van der Waals surface area contributed by atoms with E-state index in [1.54, 1.807) is 0 Å². The molecule has 0 saturated carbocycles. The second-order valence-electron chi connectivity index (χ2n) is 4.82. The summed E-state index contributed by atoms with van der Waals surface area (Å²) in [5.41, 5.74) is 0. The third kappa shape index (κ3) is 5.34. The van der Waals surface area contributed by atoms with Gasteiger partial charge in [0.1, 0.15) is 0 Å². The molecule has 0 aromatic rings. The van der Waals surface area contributed by atoms with Gasteiger partial charge >= 0.3 is 0 Å². The summed E-state index contributed by atoms with van der Waals surface area (Å²) in [6.45, 7) is 11.3. The van der Waals surface area contributed by atoms with Gasteiger partial charge in [-0.3, -0.25) is 4.90 Å². The molecule has 0 aromatic heterocycles. The molecule has 0 spiro atoms. The first kappa shape index (κ1) is 14.2. The first-order chi connectivity index (χ1) is 8.27. The molecule has 1 unspecified atom stereocenters. The van der Waals surface area contributed by atoms with E-state index in [4.69, 9.17) is 5.26 Å². The van der Waals surface area contributed by atoms with Crippen molar-refractivity contribution in [3.8, 4) is 6.07 Å². The third-order valence-electron chi connectivity index (χ3n) is 3.52. The lowest BCUT2D eigenvalue weighted by atomic mass is 10.1. The van der Waals surface area contributed by atoms with E-state index in [2.05, 4.69) is 22.4 Å². The minimum atomic E-state index is 0.0738. The fourth-order valence-corrected chi connectivity index (χ4v) is 2.26. The molecule has 1 saturated heterocycles. The molecule has 96 valence electrons. The van der Waals surface area contributed by atoms with Gasteiger partial charge in [-0.1, -0.05) is 12.5 Å². The number of unbranched alkanes of at least 4 members (excludes halogenated alkanes) is 3. The van der Waals surface area contributed by atoms with Crippen molar-refractivity contribution in [3.05, 3.63) is 12.7 Å². The van der Waals surface area contributed by atoms with Gasteiger partial charge in [0.15, 0.2) is 0 Å². The minimum Gasteiger partial charge on any atom is -0.301 e. The van der Waals surface area contributed by atoms with Gasteiger partial charge in [0.2, 0.25) is 0 Å². The smallest absolute Gasteiger partial charge is 0.0950 e. The first-order valence-corrected chi connectivity index (χ1v) is 6.75. The van der Waals surface area contributed by atoms with Crippen LogP contribution in [0, 0.1) is 11.3 Å². The van der Waals surface area contributed by atoms with Gasteiger partial charge in [-0.25, -0.2) is 0 Å². The molecule has 17 heavy (non-hydrogen) atoms. The Bertz CT molecular complexity index is 249. The number of nitrogens with zero attached hydrogens (tertiary/aromatic N) is 3. The number of hydrogen-bond acceptors (Lipinski definition) is 3. The molecule has 1 aliphatic heterocycles. The zero-order valence-electron chi connectivity index (χ0n) is 11.1. The van der Waals surface area contributed by atoms with Gasteiger partial charge in [0.05, 0.1) is 12.1 Å². The van der Waals surface area contributed by atoms with Crippen LogP contribution < -0.4 is 0 Å². The summed E-state index contributed by atoms with van der Waals surface area (Å²) in [6.07, 6.45) is 7.02. The summed E-state index contributed by atoms with van der Waals surface area (Å²) >= 11 is 0. The fraction of sp³-hybridized carbons (Fsp3) is 0.786. The molecule has 1 fully saturated rings. The largest absolute Gasteiger partial charge is 0.301 e. The SMILES string of the molecule is C=CCCCCCN1CCN(C(C)C#N)CC1. The fourth-order valence-electron chi connectivity index (χ4n) is 2.26. The van der Waals surface area contributed by atoms with Crippen molar-refractivity contribution in [2.45, 2.75) is 38.6 Å². The molecule has 0 N–H and O–H groups in total. The molecule has 3 heteroatoms. The Morgan fingerprint density at radius 3 is 2.53 bits per heavy atom. The highest BCUT2D eigenvalue weighted by atomic mass is 15.3. The maximum Gasteiger partial charge on any atom is 0.0950 e. The van der Waals surface area contributed by atoms with Gasteiger partial charge < -0.3 is 4.90 Å². The van der Waals surface area contributed by atoms with Crippen molar-refractivity contribution in [2.24, 2.45) is 0 Å². The second-order valence-corrected chi connectivity index (χ2v) is 4.82. The van der Waals surface area contributed by atoms with E-state index >= 15 is 0 Å². The topological polar surface area (TPSA) is 30.3 Å². The molecule has 0 radical (unpaired) electrons. The van der Waals surface area contributed by atoms with Gasteiger partial charge in [0.25, 0.3) is 0 Å². The highest BCUT2D eigenvalue weighted by Gasteiger charge is 2.19. The van der Waals surface area contributed by atoms with Crippen LogP contribution in [-0.2, 0) is 0 Å². The van der Waals surface area contributed by atoms with Crippen LogP contribution in [0.15, 0.2) is 12.7 Å². The molecule has 0 aromatic carbocycles. The van der Waals surface area contributed by atoms with E-state index in [0.29, 0.717) is 0 Å². The van der Waals surface area contributed by atoms with Crippen molar-refractivity contribution < 1.29 is 0 Å². The summed E-state index contributed by atoms with van der Waals surface area (Å²) in [7, 11) is 0. The van der Waals surface area contributed by atoms with Crippen molar-refractivity contribution in [1.82, 2.24) is 9.80 Å². The summed E-state index contributed by atoms with van der Waals surface area (Å²) < 4.78 is 0. The Balaban J connectivity index is 2.07. The average molecular weight is 235 g/mol. The maximum atomic E-state index is 8.86. The highest BCUT2D eigenvalue weighted by molar-refractivity contribution is 4.90. The van der Waals surface area contributed by atoms with E-state index in [1.165, 1.54) is 25.8 Å². The minimum absolute atomic E-state index is 0.0738. The lowest BCUT2D eigenvalue weighted by Gasteiger charge is -2.35. The van der Waals surface area contributed by atoms with Crippen LogP contribution in [0.3, 0.4) is 0 Å². The van der Waals surface area contributed by atoms with E-state index in [1.807, 2.05) is 13.0 Å². The van der Waals surface area contributed by atoms with Crippen molar-refractivity contribution >= 4 is 0 Å². The van der Waals surface area contributed by atoms with Crippen molar-refractivity contribution in [1.29, 1.82) is 5.26 Å². The summed E-state index contributed by atoms with van der Waals surface area (Å²) in [5, 5.41) is 8.86. The maximum absolute atomic E-state index is 8.86. The third-order valence-corrected chi connectivity index (χ3v) is 3.52. The molecule has 1 heterocycles. The van der Waals surface area contributed by atoms with Crippen LogP contribution in [0.4, 0.5) is 0 Å². The number of piperazine rings is 1. The lowest BCUT2D eigenvalue weighted by molar-refractivity contribution is 0.118. The van der Waals surface area contributed by atoms with E-state index < -0.39 is 0 Å². The van der Waals surface area contributed by atoms with Gasteiger partial charge in [-0.15, -0.1) is 6.58 Å². The van der Waals surface area contributed by atoms with E-state index in [0.717, 1.165) is 32.6 Å². The predicted molar refractivity (Wildman–Crippen MR) is 71.8 cm³/mol. The van der Waals surface area contributed by atoms with E-state index in [9.17, 15) is 0 Å². The summed E-state index contributed by atoms with van der Waals surface area (Å²) in [4.78, 5) is 4.79. The van der Waals surface area contributed by atoms with Crippen molar-refractivity contribution in [2.75, 3.05) is 32.7 Å². The lowest BCUT2D eigenvalue weighted by Crippen LogP contribution is -2.49. The number of nitriles is 1. The molecule has 1 aliphatic rings. The highest BCUT2D eigenvalue weighted by Crippen LogP contribution is 2.08. The molecular weight excluding hydrogens is 210 g/mol. The average Bonchev–Trinajstić information content (AvgIpc) is 2.38. The molecule has 1 atom stereocenters.